The smallest absolute Gasteiger partial charge is 0.231 e. The molecule has 3 nitrogen and oxygen atoms in total. The summed E-state index contributed by atoms with van der Waals surface area (Å²) in [4.78, 5) is 0. The van der Waals surface area contributed by atoms with E-state index in [4.69, 9.17) is 21.1 Å². The summed E-state index contributed by atoms with van der Waals surface area (Å²) in [6.45, 7) is 2.19. The lowest BCUT2D eigenvalue weighted by atomic mass is 10.0. The molecule has 1 heterocycles. The van der Waals surface area contributed by atoms with E-state index >= 15 is 0 Å². The molecule has 3 rings (SSSR count). The summed E-state index contributed by atoms with van der Waals surface area (Å²) in [6.07, 6.45) is 0.728. The van der Waals surface area contributed by atoms with Crippen molar-refractivity contribution in [1.82, 2.24) is 0 Å². The Bertz CT molecular complexity index is 663. The van der Waals surface area contributed by atoms with E-state index in [0.29, 0.717) is 27.8 Å². The second kappa shape index (κ2) is 5.82. The Morgan fingerprint density at radius 1 is 1.24 bits per heavy atom. The molecule has 2 aromatic rings. The maximum absolute atomic E-state index is 13.9. The van der Waals surface area contributed by atoms with Crippen LogP contribution in [0.2, 0.25) is 5.02 Å². The van der Waals surface area contributed by atoms with Gasteiger partial charge < -0.3 is 14.8 Å². The second-order valence-corrected chi connectivity index (χ2v) is 5.22. The number of rotatable bonds is 4. The Kier molecular flexibility index (Phi) is 3.88. The van der Waals surface area contributed by atoms with E-state index in [9.17, 15) is 4.39 Å². The lowest BCUT2D eigenvalue weighted by Gasteiger charge is -2.20. The Labute approximate surface area is 127 Å². The summed E-state index contributed by atoms with van der Waals surface area (Å²) >= 11 is 6.24. The predicted octanol–water partition coefficient (Wildman–Crippen LogP) is 4.77. The summed E-state index contributed by atoms with van der Waals surface area (Å²) in [5.41, 5.74) is 1.32. The van der Waals surface area contributed by atoms with E-state index in [0.717, 1.165) is 6.42 Å². The minimum Gasteiger partial charge on any atom is -0.454 e. The fourth-order valence-corrected chi connectivity index (χ4v) is 2.58. The first-order valence-corrected chi connectivity index (χ1v) is 7.17. The molecule has 1 N–H and O–H groups in total. The van der Waals surface area contributed by atoms with E-state index in [1.54, 1.807) is 24.3 Å². The topological polar surface area (TPSA) is 30.5 Å². The van der Waals surface area contributed by atoms with Crippen molar-refractivity contribution >= 4 is 17.3 Å². The molecule has 0 amide bonds. The highest BCUT2D eigenvalue weighted by molar-refractivity contribution is 6.33. The van der Waals surface area contributed by atoms with Gasteiger partial charge in [0.25, 0.3) is 0 Å². The van der Waals surface area contributed by atoms with Crippen molar-refractivity contribution in [3.63, 3.8) is 0 Å². The largest absolute Gasteiger partial charge is 0.454 e. The van der Waals surface area contributed by atoms with Gasteiger partial charge >= 0.3 is 0 Å². The SMILES string of the molecule is CCC(Nc1cc2c(cc1Cl)OCO2)c1ccccc1F. The van der Waals surface area contributed by atoms with E-state index in [1.807, 2.05) is 13.0 Å². The Morgan fingerprint density at radius 3 is 2.67 bits per heavy atom. The van der Waals surface area contributed by atoms with Crippen molar-refractivity contribution in [3.8, 4) is 11.5 Å². The van der Waals surface area contributed by atoms with Gasteiger partial charge in [0.05, 0.1) is 16.8 Å². The average Bonchev–Trinajstić information content (AvgIpc) is 2.92. The molecule has 1 unspecified atom stereocenters. The summed E-state index contributed by atoms with van der Waals surface area (Å²) in [6, 6.07) is 10.1. The monoisotopic (exact) mass is 307 g/mol. The number of hydrogen-bond donors (Lipinski definition) is 1. The molecular formula is C16H15ClFNO2. The van der Waals surface area contributed by atoms with Crippen molar-refractivity contribution in [1.29, 1.82) is 0 Å². The number of nitrogens with one attached hydrogen (secondary N) is 1. The fraction of sp³-hybridized carbons (Fsp3) is 0.250. The van der Waals surface area contributed by atoms with Crippen LogP contribution >= 0.6 is 11.6 Å². The van der Waals surface area contributed by atoms with Crippen LogP contribution in [0.25, 0.3) is 0 Å². The number of anilines is 1. The molecular weight excluding hydrogens is 293 g/mol. The molecule has 0 spiro atoms. The lowest BCUT2D eigenvalue weighted by Crippen LogP contribution is -2.11. The molecule has 21 heavy (non-hydrogen) atoms. The van der Waals surface area contributed by atoms with Crippen molar-refractivity contribution in [2.24, 2.45) is 0 Å². The first-order valence-electron chi connectivity index (χ1n) is 6.79. The Hall–Kier alpha value is -1.94. The van der Waals surface area contributed by atoms with Crippen LogP contribution < -0.4 is 14.8 Å². The first-order chi connectivity index (χ1) is 10.2. The summed E-state index contributed by atoms with van der Waals surface area (Å²) in [5, 5.41) is 3.80. The zero-order valence-corrected chi connectivity index (χ0v) is 12.3. The molecule has 1 aliphatic rings. The predicted molar refractivity (Wildman–Crippen MR) is 80.6 cm³/mol. The lowest BCUT2D eigenvalue weighted by molar-refractivity contribution is 0.174. The maximum atomic E-state index is 13.9. The molecule has 0 saturated carbocycles. The number of benzene rings is 2. The first kappa shape index (κ1) is 14.0. The third kappa shape index (κ3) is 2.76. The molecule has 5 heteroatoms. The van der Waals surface area contributed by atoms with Crippen LogP contribution in [0.3, 0.4) is 0 Å². The van der Waals surface area contributed by atoms with Gasteiger partial charge in [0.2, 0.25) is 6.79 Å². The highest BCUT2D eigenvalue weighted by atomic mass is 35.5. The van der Waals surface area contributed by atoms with Crippen molar-refractivity contribution in [3.05, 3.63) is 52.8 Å². The summed E-state index contributed by atoms with van der Waals surface area (Å²) < 4.78 is 24.6. The van der Waals surface area contributed by atoms with Crippen LogP contribution in [0.5, 0.6) is 11.5 Å². The van der Waals surface area contributed by atoms with Crippen molar-refractivity contribution in [2.75, 3.05) is 12.1 Å². The minimum atomic E-state index is -0.228. The van der Waals surface area contributed by atoms with Gasteiger partial charge in [-0.25, -0.2) is 4.39 Å². The summed E-state index contributed by atoms with van der Waals surface area (Å²) in [7, 11) is 0. The molecule has 1 aliphatic heterocycles. The van der Waals surface area contributed by atoms with Gasteiger partial charge in [-0.15, -0.1) is 0 Å². The van der Waals surface area contributed by atoms with Crippen molar-refractivity contribution < 1.29 is 13.9 Å². The zero-order valence-electron chi connectivity index (χ0n) is 11.5. The quantitative estimate of drug-likeness (QED) is 0.882. The van der Waals surface area contributed by atoms with E-state index < -0.39 is 0 Å². The standard InChI is InChI=1S/C16H15ClFNO2/c1-2-13(10-5-3-4-6-12(10)18)19-14-8-16-15(7-11(14)17)20-9-21-16/h3-8,13,19H,2,9H2,1H3. The second-order valence-electron chi connectivity index (χ2n) is 4.81. The van der Waals surface area contributed by atoms with Gasteiger partial charge in [0.15, 0.2) is 11.5 Å². The van der Waals surface area contributed by atoms with Crippen LogP contribution in [0.4, 0.5) is 10.1 Å². The van der Waals surface area contributed by atoms with Crippen LogP contribution in [0, 0.1) is 5.82 Å². The number of ether oxygens (including phenoxy) is 2. The minimum absolute atomic E-state index is 0.163. The molecule has 110 valence electrons. The van der Waals surface area contributed by atoms with Gasteiger partial charge in [-0.3, -0.25) is 0 Å². The molecule has 0 bridgehead atoms. The third-order valence-electron chi connectivity index (χ3n) is 3.48. The number of fused-ring (bicyclic) bond motifs is 1. The van der Waals surface area contributed by atoms with E-state index in [1.165, 1.54) is 6.07 Å². The van der Waals surface area contributed by atoms with Gasteiger partial charge in [-0.1, -0.05) is 36.7 Å². The molecule has 0 fully saturated rings. The van der Waals surface area contributed by atoms with Crippen LogP contribution in [0.15, 0.2) is 36.4 Å². The molecule has 2 aromatic carbocycles. The highest BCUT2D eigenvalue weighted by Gasteiger charge is 2.19. The normalized spacial score (nSPS) is 14.0. The van der Waals surface area contributed by atoms with Gasteiger partial charge in [-0.2, -0.15) is 0 Å². The van der Waals surface area contributed by atoms with Crippen molar-refractivity contribution in [2.45, 2.75) is 19.4 Å². The zero-order chi connectivity index (χ0) is 14.8. The van der Waals surface area contributed by atoms with Crippen LogP contribution in [-0.2, 0) is 0 Å². The highest BCUT2D eigenvalue weighted by Crippen LogP contribution is 2.40. The van der Waals surface area contributed by atoms with Gasteiger partial charge in [0, 0.05) is 17.7 Å². The number of halogens is 2. The Balaban J connectivity index is 1.90. The Morgan fingerprint density at radius 2 is 1.95 bits per heavy atom. The van der Waals surface area contributed by atoms with Gasteiger partial charge in [0.1, 0.15) is 5.82 Å². The van der Waals surface area contributed by atoms with E-state index in [-0.39, 0.29) is 18.7 Å². The van der Waals surface area contributed by atoms with E-state index in [2.05, 4.69) is 5.32 Å². The number of hydrogen-bond acceptors (Lipinski definition) is 3. The average molecular weight is 308 g/mol. The van der Waals surface area contributed by atoms with Crippen LogP contribution in [-0.4, -0.2) is 6.79 Å². The van der Waals surface area contributed by atoms with Gasteiger partial charge in [-0.05, 0) is 12.5 Å². The molecule has 1 atom stereocenters. The molecule has 0 radical (unpaired) electrons. The van der Waals surface area contributed by atoms with Crippen LogP contribution in [0.1, 0.15) is 24.9 Å². The fourth-order valence-electron chi connectivity index (χ4n) is 2.37. The maximum Gasteiger partial charge on any atom is 0.231 e. The molecule has 0 aliphatic carbocycles. The molecule has 0 saturated heterocycles. The molecule has 0 aromatic heterocycles. The third-order valence-corrected chi connectivity index (χ3v) is 3.79. The summed E-state index contributed by atoms with van der Waals surface area (Å²) in [5.74, 6) is 1.04.